The van der Waals surface area contributed by atoms with Crippen LogP contribution in [0.5, 0.6) is 0 Å². The molecule has 0 aliphatic heterocycles. The smallest absolute Gasteiger partial charge is 0.309 e. The monoisotopic (exact) mass is 352 g/mol. The first-order valence-electron chi connectivity index (χ1n) is 8.11. The van der Waals surface area contributed by atoms with Crippen LogP contribution in [0.1, 0.15) is 25.6 Å². The molecule has 132 valence electrons. The van der Waals surface area contributed by atoms with Gasteiger partial charge < -0.3 is 9.67 Å². The fourth-order valence-corrected chi connectivity index (χ4v) is 3.13. The van der Waals surface area contributed by atoms with Gasteiger partial charge in [0.25, 0.3) is 5.56 Å². The summed E-state index contributed by atoms with van der Waals surface area (Å²) in [6.45, 7) is 3.89. The molecule has 0 spiro atoms. The lowest BCUT2D eigenvalue weighted by molar-refractivity contribution is -0.136. The highest BCUT2D eigenvalue weighted by Crippen LogP contribution is 2.20. The summed E-state index contributed by atoms with van der Waals surface area (Å²) in [4.78, 5) is 28.3. The van der Waals surface area contributed by atoms with Gasteiger partial charge in [0.15, 0.2) is 11.3 Å². The standard InChI is InChI=1S/C17H16N6O3/c1-10(2)23-13-6-4-3-5-12(13)21-9-18-16(15(21)17(23)26)22-8-11(19-20-22)7-14(24)25/h3-6,8-10H,7H2,1-2H3,(H,24,25). The van der Waals surface area contributed by atoms with E-state index < -0.39 is 5.97 Å². The van der Waals surface area contributed by atoms with Crippen LogP contribution in [0.25, 0.3) is 22.4 Å². The number of carbonyl (C=O) groups is 1. The highest BCUT2D eigenvalue weighted by atomic mass is 16.4. The number of hydrogen-bond acceptors (Lipinski definition) is 5. The van der Waals surface area contributed by atoms with Crippen LogP contribution in [0.4, 0.5) is 0 Å². The maximum Gasteiger partial charge on any atom is 0.309 e. The number of rotatable bonds is 4. The number of hydrogen-bond donors (Lipinski definition) is 1. The van der Waals surface area contributed by atoms with Gasteiger partial charge in [0.2, 0.25) is 0 Å². The molecule has 9 nitrogen and oxygen atoms in total. The van der Waals surface area contributed by atoms with Gasteiger partial charge in [-0.3, -0.25) is 14.0 Å². The van der Waals surface area contributed by atoms with E-state index in [4.69, 9.17) is 5.11 Å². The van der Waals surface area contributed by atoms with Gasteiger partial charge in [-0.15, -0.1) is 5.10 Å². The van der Waals surface area contributed by atoms with Crippen LogP contribution in [-0.2, 0) is 11.2 Å². The van der Waals surface area contributed by atoms with Crippen LogP contribution in [-0.4, -0.2) is 40.0 Å². The van der Waals surface area contributed by atoms with Crippen molar-refractivity contribution in [1.29, 1.82) is 0 Å². The molecule has 4 rings (SSSR count). The van der Waals surface area contributed by atoms with Gasteiger partial charge in [-0.1, -0.05) is 17.3 Å². The number of carboxylic acid groups (broad SMARTS) is 1. The normalized spacial score (nSPS) is 11.7. The Kier molecular flexibility index (Phi) is 3.57. The van der Waals surface area contributed by atoms with Gasteiger partial charge in [0.1, 0.15) is 6.33 Å². The molecule has 26 heavy (non-hydrogen) atoms. The second-order valence-electron chi connectivity index (χ2n) is 6.27. The topological polar surface area (TPSA) is 107 Å². The molecule has 0 bridgehead atoms. The van der Waals surface area contributed by atoms with E-state index in [1.165, 1.54) is 10.9 Å². The fourth-order valence-electron chi connectivity index (χ4n) is 3.13. The zero-order chi connectivity index (χ0) is 18.4. The summed E-state index contributed by atoms with van der Waals surface area (Å²) < 4.78 is 4.78. The molecule has 1 N–H and O–H groups in total. The van der Waals surface area contributed by atoms with E-state index in [2.05, 4.69) is 15.3 Å². The van der Waals surface area contributed by atoms with Gasteiger partial charge in [-0.2, -0.15) is 4.68 Å². The molecule has 0 radical (unpaired) electrons. The molecule has 0 aliphatic rings. The number of aliphatic carboxylic acids is 1. The van der Waals surface area contributed by atoms with Crippen molar-refractivity contribution in [2.24, 2.45) is 0 Å². The molecule has 0 saturated heterocycles. The Labute approximate surface area is 147 Å². The van der Waals surface area contributed by atoms with Crippen molar-refractivity contribution in [3.05, 3.63) is 52.8 Å². The summed E-state index contributed by atoms with van der Waals surface area (Å²) in [6, 6.07) is 7.56. The van der Waals surface area contributed by atoms with E-state index in [1.54, 1.807) is 15.3 Å². The van der Waals surface area contributed by atoms with Crippen molar-refractivity contribution in [1.82, 2.24) is 28.9 Å². The predicted octanol–water partition coefficient (Wildman–Crippen LogP) is 1.44. The Morgan fingerprint density at radius 2 is 1.96 bits per heavy atom. The largest absolute Gasteiger partial charge is 0.481 e. The first-order valence-corrected chi connectivity index (χ1v) is 8.11. The maximum absolute atomic E-state index is 13.2. The quantitative estimate of drug-likeness (QED) is 0.595. The third-order valence-electron chi connectivity index (χ3n) is 4.18. The minimum absolute atomic E-state index is 0.0431. The number of fused-ring (bicyclic) bond motifs is 3. The second kappa shape index (κ2) is 5.80. The Balaban J connectivity index is 2.03. The number of benzene rings is 1. The summed E-state index contributed by atoms with van der Waals surface area (Å²) in [5, 5.41) is 16.7. The first kappa shape index (κ1) is 16.0. The van der Waals surface area contributed by atoms with Crippen LogP contribution in [0.2, 0.25) is 0 Å². The fraction of sp³-hybridized carbons (Fsp3) is 0.235. The van der Waals surface area contributed by atoms with E-state index in [-0.39, 0.29) is 18.0 Å². The maximum atomic E-state index is 13.2. The van der Waals surface area contributed by atoms with Crippen molar-refractivity contribution < 1.29 is 9.90 Å². The summed E-state index contributed by atoms with van der Waals surface area (Å²) in [6.07, 6.45) is 2.80. The predicted molar refractivity (Wildman–Crippen MR) is 93.6 cm³/mol. The molecule has 1 aromatic carbocycles. The lowest BCUT2D eigenvalue weighted by Crippen LogP contribution is -2.25. The number of imidazole rings is 1. The van der Waals surface area contributed by atoms with Crippen LogP contribution < -0.4 is 5.56 Å². The average molecular weight is 352 g/mol. The molecule has 0 amide bonds. The molecular formula is C17H16N6O3. The summed E-state index contributed by atoms with van der Waals surface area (Å²) >= 11 is 0. The van der Waals surface area contributed by atoms with E-state index in [1.807, 2.05) is 38.1 Å². The highest BCUT2D eigenvalue weighted by molar-refractivity contribution is 5.81. The Bertz CT molecular complexity index is 1200. The van der Waals surface area contributed by atoms with E-state index >= 15 is 0 Å². The summed E-state index contributed by atoms with van der Waals surface area (Å²) in [7, 11) is 0. The molecular weight excluding hydrogens is 336 g/mol. The van der Waals surface area contributed by atoms with Gasteiger partial charge in [-0.05, 0) is 26.0 Å². The lowest BCUT2D eigenvalue weighted by atomic mass is 10.2. The molecule has 4 aromatic rings. The SMILES string of the molecule is CC(C)n1c(=O)c2c(-n3cc(CC(=O)O)nn3)ncn2c2ccccc21. The molecule has 0 unspecified atom stereocenters. The molecule has 0 atom stereocenters. The minimum Gasteiger partial charge on any atom is -0.481 e. The van der Waals surface area contributed by atoms with Crippen LogP contribution in [0, 0.1) is 0 Å². The highest BCUT2D eigenvalue weighted by Gasteiger charge is 2.19. The van der Waals surface area contributed by atoms with Crippen molar-refractivity contribution >= 4 is 22.5 Å². The average Bonchev–Trinajstić information content (AvgIpc) is 3.21. The minimum atomic E-state index is -1.00. The van der Waals surface area contributed by atoms with Gasteiger partial charge in [0.05, 0.1) is 29.3 Å². The summed E-state index contributed by atoms with van der Waals surface area (Å²) in [5.74, 6) is -0.681. The zero-order valence-electron chi connectivity index (χ0n) is 14.2. The van der Waals surface area contributed by atoms with Crippen molar-refractivity contribution in [3.8, 4) is 5.82 Å². The number of aromatic nitrogens is 6. The van der Waals surface area contributed by atoms with Crippen molar-refractivity contribution in [2.75, 3.05) is 0 Å². The number of carboxylic acids is 1. The van der Waals surface area contributed by atoms with Crippen LogP contribution >= 0.6 is 0 Å². The van der Waals surface area contributed by atoms with Crippen LogP contribution in [0.15, 0.2) is 41.6 Å². The van der Waals surface area contributed by atoms with Gasteiger partial charge >= 0.3 is 5.97 Å². The zero-order valence-corrected chi connectivity index (χ0v) is 14.2. The van der Waals surface area contributed by atoms with E-state index in [0.29, 0.717) is 17.0 Å². The summed E-state index contributed by atoms with van der Waals surface area (Å²) in [5.41, 5.74) is 2.13. The van der Waals surface area contributed by atoms with E-state index in [9.17, 15) is 9.59 Å². The van der Waals surface area contributed by atoms with Crippen molar-refractivity contribution in [2.45, 2.75) is 26.3 Å². The van der Waals surface area contributed by atoms with Gasteiger partial charge in [-0.25, -0.2) is 4.98 Å². The van der Waals surface area contributed by atoms with E-state index in [0.717, 1.165) is 11.0 Å². The van der Waals surface area contributed by atoms with Crippen molar-refractivity contribution in [3.63, 3.8) is 0 Å². The first-order chi connectivity index (χ1) is 12.5. The Morgan fingerprint density at radius 3 is 2.65 bits per heavy atom. The molecule has 3 aromatic heterocycles. The number of para-hydroxylation sites is 2. The molecule has 9 heteroatoms. The molecule has 0 aliphatic carbocycles. The third kappa shape index (κ3) is 2.36. The van der Waals surface area contributed by atoms with Gasteiger partial charge in [0, 0.05) is 6.04 Å². The lowest BCUT2D eigenvalue weighted by Gasteiger charge is -2.15. The molecule has 0 saturated carbocycles. The molecule has 3 heterocycles. The Hall–Kier alpha value is -3.49. The number of nitrogens with zero attached hydrogens (tertiary/aromatic N) is 6. The van der Waals surface area contributed by atoms with Crippen LogP contribution in [0.3, 0.4) is 0 Å². The molecule has 0 fully saturated rings. The Morgan fingerprint density at radius 1 is 1.23 bits per heavy atom. The second-order valence-corrected chi connectivity index (χ2v) is 6.27. The third-order valence-corrected chi connectivity index (χ3v) is 4.18.